The number of amides is 2. The van der Waals surface area contributed by atoms with Crippen LogP contribution in [0.3, 0.4) is 0 Å². The highest BCUT2D eigenvalue weighted by atomic mass is 16.2. The predicted octanol–water partition coefficient (Wildman–Crippen LogP) is 1.34. The van der Waals surface area contributed by atoms with Gasteiger partial charge < -0.3 is 14.4 Å². The van der Waals surface area contributed by atoms with Crippen molar-refractivity contribution in [2.24, 2.45) is 0 Å². The van der Waals surface area contributed by atoms with Crippen molar-refractivity contribution >= 4 is 11.8 Å². The Morgan fingerprint density at radius 1 is 1.39 bits per heavy atom. The second kappa shape index (κ2) is 6.93. The first-order chi connectivity index (χ1) is 10.9. The van der Waals surface area contributed by atoms with E-state index in [9.17, 15) is 9.59 Å². The second-order valence-electron chi connectivity index (χ2n) is 6.04. The summed E-state index contributed by atoms with van der Waals surface area (Å²) in [5, 5.41) is 8.52. The van der Waals surface area contributed by atoms with Crippen LogP contribution in [0.5, 0.6) is 0 Å². The molecule has 1 unspecified atom stereocenters. The van der Waals surface area contributed by atoms with Crippen molar-refractivity contribution in [3.8, 4) is 0 Å². The number of hydrogen-bond acceptors (Lipinski definition) is 4. The molecule has 2 amide bonds. The lowest BCUT2D eigenvalue weighted by molar-refractivity contribution is -0.140. The molecule has 0 bridgehead atoms. The zero-order valence-electron chi connectivity index (χ0n) is 14.3. The largest absolute Gasteiger partial charge is 0.330 e. The number of rotatable bonds is 5. The van der Waals surface area contributed by atoms with Gasteiger partial charge in [-0.25, -0.2) is 0 Å². The smallest absolute Gasteiger partial charge is 0.246 e. The molecule has 0 aliphatic carbocycles. The Balaban J connectivity index is 2.14. The Morgan fingerprint density at radius 3 is 2.65 bits per heavy atom. The fourth-order valence-corrected chi connectivity index (χ4v) is 2.90. The normalized spacial score (nSPS) is 17.1. The Hall–Kier alpha value is -2.18. The van der Waals surface area contributed by atoms with Gasteiger partial charge in [0.25, 0.3) is 0 Å². The van der Waals surface area contributed by atoms with Crippen LogP contribution >= 0.6 is 0 Å². The molecular formula is C16H25N5O2. The standard InChI is InChI=1S/C16H25N5O2/c1-6-13(22)19(7-2)10-14(23)20-8-9-21-15(11(3)4)17-18-16(21)12(20)5/h6,11-12H,1,7-10H2,2-5H3. The lowest BCUT2D eigenvalue weighted by Gasteiger charge is -2.35. The molecule has 0 spiro atoms. The number of likely N-dealkylation sites (N-methyl/N-ethyl adjacent to an activating group) is 1. The highest BCUT2D eigenvalue weighted by Gasteiger charge is 2.32. The van der Waals surface area contributed by atoms with Crippen LogP contribution in [-0.2, 0) is 16.1 Å². The zero-order chi connectivity index (χ0) is 17.1. The summed E-state index contributed by atoms with van der Waals surface area (Å²) in [6, 6.07) is -0.145. The SMILES string of the molecule is C=CC(=O)N(CC)CC(=O)N1CCn2c(C(C)C)nnc2C1C. The molecule has 126 valence electrons. The van der Waals surface area contributed by atoms with E-state index in [1.165, 1.54) is 11.0 Å². The second-order valence-corrected chi connectivity index (χ2v) is 6.04. The Morgan fingerprint density at radius 2 is 2.09 bits per heavy atom. The van der Waals surface area contributed by atoms with Gasteiger partial charge in [0.05, 0.1) is 6.04 Å². The summed E-state index contributed by atoms with van der Waals surface area (Å²) < 4.78 is 2.10. The Labute approximate surface area is 137 Å². The molecule has 7 heteroatoms. The quantitative estimate of drug-likeness (QED) is 0.768. The maximum atomic E-state index is 12.6. The summed E-state index contributed by atoms with van der Waals surface area (Å²) in [5.74, 6) is 1.76. The van der Waals surface area contributed by atoms with Crippen LogP contribution in [0, 0.1) is 0 Å². The van der Waals surface area contributed by atoms with Gasteiger partial charge in [-0.1, -0.05) is 20.4 Å². The highest BCUT2D eigenvalue weighted by Crippen LogP contribution is 2.26. The van der Waals surface area contributed by atoms with Gasteiger partial charge in [0.15, 0.2) is 5.82 Å². The van der Waals surface area contributed by atoms with Gasteiger partial charge in [0, 0.05) is 25.6 Å². The molecule has 1 atom stereocenters. The summed E-state index contributed by atoms with van der Waals surface area (Å²) >= 11 is 0. The van der Waals surface area contributed by atoms with Gasteiger partial charge in [-0.2, -0.15) is 0 Å². The van der Waals surface area contributed by atoms with Crippen molar-refractivity contribution in [2.45, 2.75) is 46.2 Å². The average molecular weight is 319 g/mol. The molecule has 1 aromatic rings. The van der Waals surface area contributed by atoms with Crippen molar-refractivity contribution in [1.82, 2.24) is 24.6 Å². The van der Waals surface area contributed by atoms with Crippen LogP contribution in [0.4, 0.5) is 0 Å². The summed E-state index contributed by atoms with van der Waals surface area (Å²) in [6.45, 7) is 13.3. The fraction of sp³-hybridized carbons (Fsp3) is 0.625. The molecule has 1 aliphatic rings. The number of aromatic nitrogens is 3. The molecule has 0 N–H and O–H groups in total. The van der Waals surface area contributed by atoms with Crippen LogP contribution in [0.25, 0.3) is 0 Å². The van der Waals surface area contributed by atoms with Crippen molar-refractivity contribution in [2.75, 3.05) is 19.6 Å². The lowest BCUT2D eigenvalue weighted by Crippen LogP contribution is -2.47. The van der Waals surface area contributed by atoms with Gasteiger partial charge in [-0.3, -0.25) is 9.59 Å². The molecule has 2 rings (SSSR count). The number of nitrogens with zero attached hydrogens (tertiary/aromatic N) is 5. The summed E-state index contributed by atoms with van der Waals surface area (Å²) in [7, 11) is 0. The van der Waals surface area contributed by atoms with Crippen LogP contribution in [0.2, 0.25) is 0 Å². The monoisotopic (exact) mass is 319 g/mol. The van der Waals surface area contributed by atoms with Gasteiger partial charge in [-0.15, -0.1) is 10.2 Å². The average Bonchev–Trinajstić information content (AvgIpc) is 2.97. The molecule has 7 nitrogen and oxygen atoms in total. The van der Waals surface area contributed by atoms with E-state index in [-0.39, 0.29) is 24.4 Å². The van der Waals surface area contributed by atoms with E-state index < -0.39 is 0 Å². The minimum absolute atomic E-state index is 0.0663. The van der Waals surface area contributed by atoms with Gasteiger partial charge in [0.2, 0.25) is 11.8 Å². The van der Waals surface area contributed by atoms with E-state index in [2.05, 4.69) is 35.2 Å². The number of carbonyl (C=O) groups is 2. The van der Waals surface area contributed by atoms with Gasteiger partial charge >= 0.3 is 0 Å². The summed E-state index contributed by atoms with van der Waals surface area (Å²) in [6.07, 6.45) is 1.24. The summed E-state index contributed by atoms with van der Waals surface area (Å²) in [5.41, 5.74) is 0. The number of hydrogen-bond donors (Lipinski definition) is 0. The van der Waals surface area contributed by atoms with Crippen LogP contribution in [-0.4, -0.2) is 56.0 Å². The van der Waals surface area contributed by atoms with E-state index in [0.29, 0.717) is 25.6 Å². The van der Waals surface area contributed by atoms with Crippen molar-refractivity contribution in [3.05, 3.63) is 24.3 Å². The number of fused-ring (bicyclic) bond motifs is 1. The molecule has 1 aliphatic heterocycles. The van der Waals surface area contributed by atoms with E-state index in [0.717, 1.165) is 11.6 Å². The molecule has 0 aromatic carbocycles. The van der Waals surface area contributed by atoms with Gasteiger partial charge in [-0.05, 0) is 19.9 Å². The topological polar surface area (TPSA) is 71.3 Å². The maximum Gasteiger partial charge on any atom is 0.246 e. The minimum atomic E-state index is -0.226. The Kier molecular flexibility index (Phi) is 5.18. The van der Waals surface area contributed by atoms with E-state index in [4.69, 9.17) is 0 Å². The van der Waals surface area contributed by atoms with E-state index in [1.807, 2.05) is 13.8 Å². The predicted molar refractivity (Wildman–Crippen MR) is 86.7 cm³/mol. The molecule has 0 saturated heterocycles. The third-order valence-electron chi connectivity index (χ3n) is 4.24. The molecule has 0 saturated carbocycles. The first-order valence-corrected chi connectivity index (χ1v) is 8.04. The molecular weight excluding hydrogens is 294 g/mol. The lowest BCUT2D eigenvalue weighted by atomic mass is 10.1. The summed E-state index contributed by atoms with van der Waals surface area (Å²) in [4.78, 5) is 27.6. The van der Waals surface area contributed by atoms with E-state index >= 15 is 0 Å². The molecule has 0 fully saturated rings. The first kappa shape index (κ1) is 17.2. The Bertz CT molecular complexity index is 608. The third kappa shape index (κ3) is 3.28. The highest BCUT2D eigenvalue weighted by molar-refractivity contribution is 5.91. The van der Waals surface area contributed by atoms with Crippen LogP contribution in [0.1, 0.15) is 51.3 Å². The molecule has 2 heterocycles. The molecule has 0 radical (unpaired) electrons. The third-order valence-corrected chi connectivity index (χ3v) is 4.24. The number of carbonyl (C=O) groups excluding carboxylic acids is 2. The molecule has 1 aromatic heterocycles. The van der Waals surface area contributed by atoms with Crippen LogP contribution in [0.15, 0.2) is 12.7 Å². The first-order valence-electron chi connectivity index (χ1n) is 8.04. The zero-order valence-corrected chi connectivity index (χ0v) is 14.3. The van der Waals surface area contributed by atoms with Crippen molar-refractivity contribution < 1.29 is 9.59 Å². The van der Waals surface area contributed by atoms with Crippen molar-refractivity contribution in [3.63, 3.8) is 0 Å². The van der Waals surface area contributed by atoms with Gasteiger partial charge in [0.1, 0.15) is 12.4 Å². The fourth-order valence-electron chi connectivity index (χ4n) is 2.90. The van der Waals surface area contributed by atoms with Crippen LogP contribution < -0.4 is 0 Å². The minimum Gasteiger partial charge on any atom is -0.330 e. The van der Waals surface area contributed by atoms with Crippen molar-refractivity contribution in [1.29, 1.82) is 0 Å². The van der Waals surface area contributed by atoms with E-state index in [1.54, 1.807) is 4.90 Å². The maximum absolute atomic E-state index is 12.6. The molecule has 23 heavy (non-hydrogen) atoms.